The Morgan fingerprint density at radius 3 is 2.50 bits per heavy atom. The first kappa shape index (κ1) is 19.3. The molecular weight excluding hydrogens is 379 g/mol. The third-order valence-electron chi connectivity index (χ3n) is 4.45. The standard InChI is InChI=1S/C24H19FN4O/c25-20-11-9-18(10-12-20)23-26-14-13-22(29-23)28-21-8-4-7-19(15-21)24(30)27-16-17-5-2-1-3-6-17/h1-15H,16H2,(H,27,30)(H,26,28,29). The van der Waals surface area contributed by atoms with E-state index in [1.54, 1.807) is 36.5 Å². The fourth-order valence-corrected chi connectivity index (χ4v) is 2.93. The van der Waals surface area contributed by atoms with E-state index in [0.29, 0.717) is 29.3 Å². The van der Waals surface area contributed by atoms with Crippen molar-refractivity contribution >= 4 is 17.4 Å². The highest BCUT2D eigenvalue weighted by atomic mass is 19.1. The zero-order chi connectivity index (χ0) is 20.8. The van der Waals surface area contributed by atoms with Crippen LogP contribution in [0, 0.1) is 5.82 Å². The van der Waals surface area contributed by atoms with Gasteiger partial charge in [0.2, 0.25) is 0 Å². The second kappa shape index (κ2) is 8.96. The molecule has 4 aromatic rings. The molecule has 1 amide bonds. The molecule has 0 atom stereocenters. The number of halogens is 1. The Balaban J connectivity index is 1.46. The largest absolute Gasteiger partial charge is 0.348 e. The average molecular weight is 398 g/mol. The normalized spacial score (nSPS) is 10.4. The van der Waals surface area contributed by atoms with E-state index in [9.17, 15) is 9.18 Å². The van der Waals surface area contributed by atoms with Crippen molar-refractivity contribution in [3.05, 3.63) is 108 Å². The molecule has 0 fully saturated rings. The Labute approximate surface area is 173 Å². The molecule has 6 heteroatoms. The molecule has 0 bridgehead atoms. The van der Waals surface area contributed by atoms with E-state index in [2.05, 4.69) is 20.6 Å². The Morgan fingerprint density at radius 2 is 1.70 bits per heavy atom. The number of hydrogen-bond donors (Lipinski definition) is 2. The van der Waals surface area contributed by atoms with Gasteiger partial charge in [-0.3, -0.25) is 4.79 Å². The van der Waals surface area contributed by atoms with E-state index in [1.165, 1.54) is 12.1 Å². The van der Waals surface area contributed by atoms with E-state index < -0.39 is 0 Å². The second-order valence-corrected chi connectivity index (χ2v) is 6.65. The smallest absolute Gasteiger partial charge is 0.251 e. The molecular formula is C24H19FN4O. The van der Waals surface area contributed by atoms with Gasteiger partial charge in [-0.2, -0.15) is 0 Å². The van der Waals surface area contributed by atoms with Gasteiger partial charge in [-0.25, -0.2) is 14.4 Å². The minimum Gasteiger partial charge on any atom is -0.348 e. The Bertz CT molecular complexity index is 1150. The number of nitrogens with one attached hydrogen (secondary N) is 2. The molecule has 1 aromatic heterocycles. The lowest BCUT2D eigenvalue weighted by Gasteiger charge is -2.10. The molecule has 0 aliphatic carbocycles. The molecule has 0 unspecified atom stereocenters. The van der Waals surface area contributed by atoms with Crippen LogP contribution in [0.25, 0.3) is 11.4 Å². The lowest BCUT2D eigenvalue weighted by molar-refractivity contribution is 0.0951. The number of hydrogen-bond acceptors (Lipinski definition) is 4. The van der Waals surface area contributed by atoms with Crippen LogP contribution in [0.4, 0.5) is 15.9 Å². The van der Waals surface area contributed by atoms with Crippen molar-refractivity contribution in [2.24, 2.45) is 0 Å². The van der Waals surface area contributed by atoms with Crippen molar-refractivity contribution in [3.8, 4) is 11.4 Å². The molecule has 0 spiro atoms. The summed E-state index contributed by atoms with van der Waals surface area (Å²) in [6, 6.07) is 24.7. The van der Waals surface area contributed by atoms with Crippen LogP contribution in [0.5, 0.6) is 0 Å². The number of aromatic nitrogens is 2. The van der Waals surface area contributed by atoms with E-state index in [-0.39, 0.29) is 11.7 Å². The number of carbonyl (C=O) groups is 1. The molecule has 0 radical (unpaired) electrons. The zero-order valence-electron chi connectivity index (χ0n) is 16.0. The number of benzene rings is 3. The van der Waals surface area contributed by atoms with E-state index in [0.717, 1.165) is 11.3 Å². The molecule has 3 aromatic carbocycles. The molecule has 30 heavy (non-hydrogen) atoms. The number of rotatable bonds is 6. The van der Waals surface area contributed by atoms with Gasteiger partial charge in [0, 0.05) is 29.6 Å². The van der Waals surface area contributed by atoms with Crippen LogP contribution in [-0.4, -0.2) is 15.9 Å². The van der Waals surface area contributed by atoms with Crippen LogP contribution < -0.4 is 10.6 Å². The van der Waals surface area contributed by atoms with Crippen molar-refractivity contribution in [1.29, 1.82) is 0 Å². The summed E-state index contributed by atoms with van der Waals surface area (Å²) in [7, 11) is 0. The fraction of sp³-hybridized carbons (Fsp3) is 0.0417. The summed E-state index contributed by atoms with van der Waals surface area (Å²) in [5.74, 6) is 0.593. The van der Waals surface area contributed by atoms with Crippen LogP contribution in [-0.2, 0) is 6.54 Å². The van der Waals surface area contributed by atoms with E-state index in [4.69, 9.17) is 0 Å². The molecule has 0 saturated carbocycles. The first-order valence-electron chi connectivity index (χ1n) is 9.45. The third kappa shape index (κ3) is 4.86. The predicted octanol–water partition coefficient (Wildman–Crippen LogP) is 4.96. The molecule has 0 aliphatic rings. The molecule has 5 nitrogen and oxygen atoms in total. The quantitative estimate of drug-likeness (QED) is 0.482. The Kier molecular flexibility index (Phi) is 5.75. The number of amides is 1. The SMILES string of the molecule is O=C(NCc1ccccc1)c1cccc(Nc2ccnc(-c3ccc(F)cc3)n2)c1. The molecule has 4 rings (SSSR count). The van der Waals surface area contributed by atoms with Crippen molar-refractivity contribution in [1.82, 2.24) is 15.3 Å². The summed E-state index contributed by atoms with van der Waals surface area (Å²) in [5.41, 5.74) is 3.03. The summed E-state index contributed by atoms with van der Waals surface area (Å²) in [6.07, 6.45) is 1.63. The molecule has 1 heterocycles. The molecule has 0 aliphatic heterocycles. The minimum atomic E-state index is -0.310. The van der Waals surface area contributed by atoms with Crippen molar-refractivity contribution in [2.75, 3.05) is 5.32 Å². The molecule has 2 N–H and O–H groups in total. The molecule has 0 saturated heterocycles. The highest BCUT2D eigenvalue weighted by Gasteiger charge is 2.08. The zero-order valence-corrected chi connectivity index (χ0v) is 16.0. The number of anilines is 2. The van der Waals surface area contributed by atoms with E-state index in [1.807, 2.05) is 42.5 Å². The predicted molar refractivity (Wildman–Crippen MR) is 115 cm³/mol. The van der Waals surface area contributed by atoms with Crippen LogP contribution in [0.2, 0.25) is 0 Å². The third-order valence-corrected chi connectivity index (χ3v) is 4.45. The van der Waals surface area contributed by atoms with Crippen LogP contribution in [0.3, 0.4) is 0 Å². The molecule has 148 valence electrons. The van der Waals surface area contributed by atoms with Gasteiger partial charge < -0.3 is 10.6 Å². The van der Waals surface area contributed by atoms with Gasteiger partial charge >= 0.3 is 0 Å². The first-order valence-corrected chi connectivity index (χ1v) is 9.45. The summed E-state index contributed by atoms with van der Waals surface area (Å²) in [4.78, 5) is 21.2. The maximum Gasteiger partial charge on any atom is 0.251 e. The van der Waals surface area contributed by atoms with Crippen molar-refractivity contribution < 1.29 is 9.18 Å². The second-order valence-electron chi connectivity index (χ2n) is 6.65. The minimum absolute atomic E-state index is 0.155. The lowest BCUT2D eigenvalue weighted by atomic mass is 10.1. The Hall–Kier alpha value is -4.06. The van der Waals surface area contributed by atoms with Crippen LogP contribution >= 0.6 is 0 Å². The highest BCUT2D eigenvalue weighted by Crippen LogP contribution is 2.20. The summed E-state index contributed by atoms with van der Waals surface area (Å²) < 4.78 is 13.1. The fourth-order valence-electron chi connectivity index (χ4n) is 2.93. The maximum absolute atomic E-state index is 13.1. The Morgan fingerprint density at radius 1 is 0.900 bits per heavy atom. The summed E-state index contributed by atoms with van der Waals surface area (Å²) >= 11 is 0. The maximum atomic E-state index is 13.1. The summed E-state index contributed by atoms with van der Waals surface area (Å²) in [6.45, 7) is 0.463. The van der Waals surface area contributed by atoms with Crippen LogP contribution in [0.15, 0.2) is 91.1 Å². The monoisotopic (exact) mass is 398 g/mol. The van der Waals surface area contributed by atoms with Crippen molar-refractivity contribution in [3.63, 3.8) is 0 Å². The number of carbonyl (C=O) groups excluding carboxylic acids is 1. The van der Waals surface area contributed by atoms with Gasteiger partial charge in [0.25, 0.3) is 5.91 Å². The van der Waals surface area contributed by atoms with Gasteiger partial charge in [0.15, 0.2) is 5.82 Å². The van der Waals surface area contributed by atoms with Gasteiger partial charge in [0.1, 0.15) is 11.6 Å². The van der Waals surface area contributed by atoms with E-state index >= 15 is 0 Å². The number of nitrogens with zero attached hydrogens (tertiary/aromatic N) is 2. The van der Waals surface area contributed by atoms with Crippen molar-refractivity contribution in [2.45, 2.75) is 6.54 Å². The van der Waals surface area contributed by atoms with Gasteiger partial charge in [0.05, 0.1) is 0 Å². The van der Waals surface area contributed by atoms with Gasteiger partial charge in [-0.15, -0.1) is 0 Å². The topological polar surface area (TPSA) is 66.9 Å². The summed E-state index contributed by atoms with van der Waals surface area (Å²) in [5, 5.41) is 6.11. The highest BCUT2D eigenvalue weighted by molar-refractivity contribution is 5.95. The van der Waals surface area contributed by atoms with Crippen LogP contribution in [0.1, 0.15) is 15.9 Å². The first-order chi connectivity index (χ1) is 14.7. The van der Waals surface area contributed by atoms with Gasteiger partial charge in [-0.05, 0) is 54.1 Å². The van der Waals surface area contributed by atoms with Gasteiger partial charge in [-0.1, -0.05) is 36.4 Å². The average Bonchev–Trinajstić information content (AvgIpc) is 2.79. The lowest BCUT2D eigenvalue weighted by Crippen LogP contribution is -2.22.